The molecule has 0 aromatic heterocycles. The first-order valence-corrected chi connectivity index (χ1v) is 4.68. The highest BCUT2D eigenvalue weighted by atomic mass is 16.2. The lowest BCUT2D eigenvalue weighted by Crippen LogP contribution is -2.33. The van der Waals surface area contributed by atoms with Crippen LogP contribution >= 0.6 is 0 Å². The summed E-state index contributed by atoms with van der Waals surface area (Å²) < 4.78 is 0. The van der Waals surface area contributed by atoms with Crippen LogP contribution in [0.15, 0.2) is 18.2 Å². The summed E-state index contributed by atoms with van der Waals surface area (Å²) in [5.41, 5.74) is 9.13. The summed E-state index contributed by atoms with van der Waals surface area (Å²) in [6.07, 6.45) is 0. The van der Waals surface area contributed by atoms with E-state index in [9.17, 15) is 9.59 Å². The average Bonchev–Trinajstić information content (AvgIpc) is 2.25. The Morgan fingerprint density at radius 3 is 2.62 bits per heavy atom. The van der Waals surface area contributed by atoms with Crippen LogP contribution in [0.1, 0.15) is 15.9 Å². The van der Waals surface area contributed by atoms with Crippen molar-refractivity contribution >= 4 is 17.5 Å². The van der Waals surface area contributed by atoms with Crippen LogP contribution in [0, 0.1) is 6.92 Å². The molecular formula is C10H14N4O2. The molecule has 0 atom stereocenters. The van der Waals surface area contributed by atoms with Crippen LogP contribution < -0.4 is 22.3 Å². The van der Waals surface area contributed by atoms with Gasteiger partial charge < -0.3 is 16.5 Å². The van der Waals surface area contributed by atoms with Crippen molar-refractivity contribution in [2.45, 2.75) is 6.92 Å². The van der Waals surface area contributed by atoms with E-state index in [2.05, 4.69) is 10.7 Å². The second kappa shape index (κ2) is 5.13. The Bertz CT molecular complexity index is 417. The molecule has 0 heterocycles. The van der Waals surface area contributed by atoms with Gasteiger partial charge in [-0.2, -0.15) is 0 Å². The molecule has 0 unspecified atom stereocenters. The highest BCUT2D eigenvalue weighted by Gasteiger charge is 2.11. The SMILES string of the molecule is Cc1ccc(NN)c(C(=O)NCC(N)=O)c1. The predicted octanol–water partition coefficient (Wildman–Crippen LogP) is -0.504. The Balaban J connectivity index is 2.88. The van der Waals surface area contributed by atoms with Gasteiger partial charge in [0.2, 0.25) is 5.91 Å². The van der Waals surface area contributed by atoms with Crippen molar-refractivity contribution in [1.82, 2.24) is 5.32 Å². The summed E-state index contributed by atoms with van der Waals surface area (Å²) in [6, 6.07) is 5.18. The van der Waals surface area contributed by atoms with Gasteiger partial charge in [0.1, 0.15) is 0 Å². The molecule has 6 nitrogen and oxygen atoms in total. The monoisotopic (exact) mass is 222 g/mol. The number of nitrogen functional groups attached to an aromatic ring is 1. The first kappa shape index (κ1) is 12.0. The normalized spacial score (nSPS) is 9.62. The smallest absolute Gasteiger partial charge is 0.253 e. The zero-order valence-corrected chi connectivity index (χ0v) is 8.91. The molecule has 1 aromatic rings. The number of benzene rings is 1. The van der Waals surface area contributed by atoms with Gasteiger partial charge in [-0.15, -0.1) is 0 Å². The minimum Gasteiger partial charge on any atom is -0.368 e. The molecule has 6 heteroatoms. The number of carbonyl (C=O) groups excluding carboxylic acids is 2. The second-order valence-electron chi connectivity index (χ2n) is 3.34. The molecular weight excluding hydrogens is 208 g/mol. The van der Waals surface area contributed by atoms with E-state index < -0.39 is 11.8 Å². The topological polar surface area (TPSA) is 110 Å². The van der Waals surface area contributed by atoms with E-state index in [1.165, 1.54) is 0 Å². The van der Waals surface area contributed by atoms with Gasteiger partial charge in [-0.25, -0.2) is 0 Å². The molecule has 0 aliphatic rings. The van der Waals surface area contributed by atoms with E-state index in [0.29, 0.717) is 11.3 Å². The molecule has 0 spiro atoms. The van der Waals surface area contributed by atoms with Gasteiger partial charge in [0.15, 0.2) is 0 Å². The predicted molar refractivity (Wildman–Crippen MR) is 60.5 cm³/mol. The highest BCUT2D eigenvalue weighted by molar-refractivity contribution is 6.01. The van der Waals surface area contributed by atoms with Crippen molar-refractivity contribution in [2.75, 3.05) is 12.0 Å². The first-order chi connectivity index (χ1) is 7.54. The van der Waals surface area contributed by atoms with E-state index in [4.69, 9.17) is 11.6 Å². The van der Waals surface area contributed by atoms with Crippen molar-refractivity contribution in [3.63, 3.8) is 0 Å². The molecule has 0 saturated heterocycles. The van der Waals surface area contributed by atoms with E-state index in [1.807, 2.05) is 13.0 Å². The van der Waals surface area contributed by atoms with Crippen molar-refractivity contribution in [2.24, 2.45) is 11.6 Å². The van der Waals surface area contributed by atoms with Crippen molar-refractivity contribution in [3.8, 4) is 0 Å². The molecule has 0 saturated carbocycles. The molecule has 16 heavy (non-hydrogen) atoms. The van der Waals surface area contributed by atoms with Crippen LogP contribution in [0.3, 0.4) is 0 Å². The molecule has 0 aliphatic heterocycles. The van der Waals surface area contributed by atoms with Crippen molar-refractivity contribution in [1.29, 1.82) is 0 Å². The Morgan fingerprint density at radius 2 is 2.06 bits per heavy atom. The van der Waals surface area contributed by atoms with Crippen LogP contribution in [0.5, 0.6) is 0 Å². The van der Waals surface area contributed by atoms with E-state index in [1.54, 1.807) is 12.1 Å². The fourth-order valence-corrected chi connectivity index (χ4v) is 1.23. The number of aryl methyl sites for hydroxylation is 1. The fraction of sp³-hybridized carbons (Fsp3) is 0.200. The lowest BCUT2D eigenvalue weighted by molar-refractivity contribution is -0.117. The zero-order valence-electron chi connectivity index (χ0n) is 8.91. The Labute approximate surface area is 93.0 Å². The standard InChI is InChI=1S/C10H14N4O2/c1-6-2-3-8(14-12)7(4-6)10(16)13-5-9(11)15/h2-4,14H,5,12H2,1H3,(H2,11,15)(H,13,16). The van der Waals surface area contributed by atoms with Gasteiger partial charge in [-0.1, -0.05) is 11.6 Å². The first-order valence-electron chi connectivity index (χ1n) is 4.68. The summed E-state index contributed by atoms with van der Waals surface area (Å²) >= 11 is 0. The quantitative estimate of drug-likeness (QED) is 0.406. The second-order valence-corrected chi connectivity index (χ2v) is 3.34. The van der Waals surface area contributed by atoms with Crippen LogP contribution in [-0.2, 0) is 4.79 Å². The number of hydrazine groups is 1. The molecule has 1 aromatic carbocycles. The summed E-state index contributed by atoms with van der Waals surface area (Å²) in [7, 11) is 0. The molecule has 6 N–H and O–H groups in total. The molecule has 0 radical (unpaired) electrons. The summed E-state index contributed by atoms with van der Waals surface area (Å²) in [5.74, 6) is 4.29. The number of hydrogen-bond acceptors (Lipinski definition) is 4. The molecule has 0 fully saturated rings. The number of rotatable bonds is 4. The van der Waals surface area contributed by atoms with Gasteiger partial charge in [0.25, 0.3) is 5.91 Å². The third kappa shape index (κ3) is 2.96. The molecule has 2 amide bonds. The summed E-state index contributed by atoms with van der Waals surface area (Å²) in [6.45, 7) is 1.65. The van der Waals surface area contributed by atoms with Crippen LogP contribution in [0.4, 0.5) is 5.69 Å². The lowest BCUT2D eigenvalue weighted by Gasteiger charge is -2.09. The maximum absolute atomic E-state index is 11.7. The van der Waals surface area contributed by atoms with Gasteiger partial charge in [-0.05, 0) is 19.1 Å². The zero-order chi connectivity index (χ0) is 12.1. The molecule has 0 bridgehead atoms. The van der Waals surface area contributed by atoms with E-state index in [-0.39, 0.29) is 6.54 Å². The Kier molecular flexibility index (Phi) is 3.84. The largest absolute Gasteiger partial charge is 0.368 e. The van der Waals surface area contributed by atoms with E-state index >= 15 is 0 Å². The average molecular weight is 222 g/mol. The third-order valence-corrected chi connectivity index (χ3v) is 2.00. The number of nitrogens with one attached hydrogen (secondary N) is 2. The lowest BCUT2D eigenvalue weighted by atomic mass is 10.1. The van der Waals surface area contributed by atoms with Crippen LogP contribution in [-0.4, -0.2) is 18.4 Å². The third-order valence-electron chi connectivity index (χ3n) is 2.00. The number of nitrogens with two attached hydrogens (primary N) is 2. The molecule has 86 valence electrons. The molecule has 0 aliphatic carbocycles. The number of primary amides is 1. The summed E-state index contributed by atoms with van der Waals surface area (Å²) in [5, 5.41) is 2.39. The minimum atomic E-state index is -0.594. The van der Waals surface area contributed by atoms with Gasteiger partial charge in [0, 0.05) is 0 Å². The minimum absolute atomic E-state index is 0.198. The number of anilines is 1. The number of amides is 2. The highest BCUT2D eigenvalue weighted by Crippen LogP contribution is 2.15. The molecule has 1 rings (SSSR count). The fourth-order valence-electron chi connectivity index (χ4n) is 1.23. The van der Waals surface area contributed by atoms with E-state index in [0.717, 1.165) is 5.56 Å². The summed E-state index contributed by atoms with van der Waals surface area (Å²) in [4.78, 5) is 22.2. The number of carbonyl (C=O) groups is 2. The maximum Gasteiger partial charge on any atom is 0.253 e. The Hall–Kier alpha value is -2.08. The van der Waals surface area contributed by atoms with Gasteiger partial charge in [-0.3, -0.25) is 15.4 Å². The van der Waals surface area contributed by atoms with Crippen LogP contribution in [0.25, 0.3) is 0 Å². The van der Waals surface area contributed by atoms with Gasteiger partial charge in [0.05, 0.1) is 17.8 Å². The van der Waals surface area contributed by atoms with Crippen LogP contribution in [0.2, 0.25) is 0 Å². The Morgan fingerprint density at radius 1 is 1.38 bits per heavy atom. The van der Waals surface area contributed by atoms with Gasteiger partial charge >= 0.3 is 0 Å². The number of hydrogen-bond donors (Lipinski definition) is 4. The van der Waals surface area contributed by atoms with Crippen molar-refractivity contribution in [3.05, 3.63) is 29.3 Å². The van der Waals surface area contributed by atoms with Crippen molar-refractivity contribution < 1.29 is 9.59 Å². The maximum atomic E-state index is 11.7.